The lowest BCUT2D eigenvalue weighted by atomic mass is 10.1. The molecule has 0 radical (unpaired) electrons. The molecule has 0 bridgehead atoms. The molecule has 146 valence electrons. The van der Waals surface area contributed by atoms with Crippen molar-refractivity contribution in [3.63, 3.8) is 0 Å². The highest BCUT2D eigenvalue weighted by atomic mass is 16.5. The monoisotopic (exact) mass is 389 g/mol. The fraction of sp³-hybridized carbons (Fsp3) is 0.0435. The van der Waals surface area contributed by atoms with Crippen LogP contribution in [0.15, 0.2) is 78.9 Å². The summed E-state index contributed by atoms with van der Waals surface area (Å²) in [6.45, 7) is 0. The number of methoxy groups -OCH3 is 1. The number of carboxylic acid groups (broad SMARTS) is 1. The van der Waals surface area contributed by atoms with Gasteiger partial charge in [-0.25, -0.2) is 4.79 Å². The Morgan fingerprint density at radius 3 is 1.93 bits per heavy atom. The lowest BCUT2D eigenvalue weighted by Crippen LogP contribution is -2.25. The zero-order chi connectivity index (χ0) is 20.8. The van der Waals surface area contributed by atoms with Crippen molar-refractivity contribution in [1.82, 2.24) is 0 Å². The third-order valence-electron chi connectivity index (χ3n) is 4.22. The first kappa shape index (κ1) is 19.7. The third kappa shape index (κ3) is 4.81. The largest absolute Gasteiger partial charge is 0.508 e. The molecule has 6 nitrogen and oxygen atoms in total. The van der Waals surface area contributed by atoms with Gasteiger partial charge in [0.05, 0.1) is 7.11 Å². The molecule has 0 unspecified atom stereocenters. The molecule has 6 heteroatoms. The number of nitrogens with zero attached hydrogens (tertiary/aromatic N) is 1. The number of aliphatic carboxylic acids is 1. The highest BCUT2D eigenvalue weighted by Gasteiger charge is 2.20. The van der Waals surface area contributed by atoms with Gasteiger partial charge >= 0.3 is 5.97 Å². The Balaban J connectivity index is 1.97. The average Bonchev–Trinajstić information content (AvgIpc) is 2.74. The van der Waals surface area contributed by atoms with E-state index in [9.17, 15) is 14.7 Å². The minimum Gasteiger partial charge on any atom is -0.508 e. The number of amides is 1. The topological polar surface area (TPSA) is 87.1 Å². The summed E-state index contributed by atoms with van der Waals surface area (Å²) in [5.41, 5.74) is 2.33. The van der Waals surface area contributed by atoms with Crippen molar-refractivity contribution in [3.8, 4) is 11.5 Å². The molecule has 1 amide bonds. The number of hydrogen-bond donors (Lipinski definition) is 2. The van der Waals surface area contributed by atoms with Crippen LogP contribution in [0.2, 0.25) is 0 Å². The summed E-state index contributed by atoms with van der Waals surface area (Å²) in [5, 5.41) is 18.3. The van der Waals surface area contributed by atoms with Crippen molar-refractivity contribution in [2.45, 2.75) is 0 Å². The molecular weight excluding hydrogens is 370 g/mol. The van der Waals surface area contributed by atoms with Crippen molar-refractivity contribution in [2.75, 3.05) is 12.0 Å². The van der Waals surface area contributed by atoms with Crippen LogP contribution in [-0.4, -0.2) is 29.2 Å². The molecule has 0 saturated heterocycles. The van der Waals surface area contributed by atoms with Crippen LogP contribution in [-0.2, 0) is 4.79 Å². The Labute approximate surface area is 167 Å². The molecule has 29 heavy (non-hydrogen) atoms. The van der Waals surface area contributed by atoms with E-state index in [2.05, 4.69) is 0 Å². The van der Waals surface area contributed by atoms with Gasteiger partial charge in [0.2, 0.25) is 0 Å². The van der Waals surface area contributed by atoms with Crippen LogP contribution >= 0.6 is 0 Å². The van der Waals surface area contributed by atoms with Crippen LogP contribution in [0.3, 0.4) is 0 Å². The average molecular weight is 389 g/mol. The maximum atomic E-state index is 13.3. The number of benzene rings is 3. The van der Waals surface area contributed by atoms with Crippen molar-refractivity contribution < 1.29 is 24.5 Å². The normalized spacial score (nSPS) is 10.7. The molecule has 0 aromatic heterocycles. The van der Waals surface area contributed by atoms with Gasteiger partial charge in [0.15, 0.2) is 0 Å². The highest BCUT2D eigenvalue weighted by Crippen LogP contribution is 2.30. The maximum Gasteiger partial charge on any atom is 0.328 e. The van der Waals surface area contributed by atoms with Crippen LogP contribution in [0.25, 0.3) is 6.08 Å². The van der Waals surface area contributed by atoms with Gasteiger partial charge in [-0.1, -0.05) is 12.1 Å². The summed E-state index contributed by atoms with van der Waals surface area (Å²) in [4.78, 5) is 25.5. The Hall–Kier alpha value is -4.06. The molecular formula is C23H19NO5. The lowest BCUT2D eigenvalue weighted by molar-refractivity contribution is -0.131. The Morgan fingerprint density at radius 1 is 0.862 bits per heavy atom. The van der Waals surface area contributed by atoms with Gasteiger partial charge in [0, 0.05) is 23.0 Å². The summed E-state index contributed by atoms with van der Waals surface area (Å²) in [6, 6.07) is 20.0. The Morgan fingerprint density at radius 2 is 1.41 bits per heavy atom. The van der Waals surface area contributed by atoms with Crippen LogP contribution in [0.1, 0.15) is 15.9 Å². The van der Waals surface area contributed by atoms with E-state index in [0.29, 0.717) is 28.3 Å². The van der Waals surface area contributed by atoms with Crippen LogP contribution in [0.5, 0.6) is 11.5 Å². The molecule has 0 aliphatic carbocycles. The first-order chi connectivity index (χ1) is 14.0. The second-order valence-corrected chi connectivity index (χ2v) is 6.15. The number of carbonyl (C=O) groups is 2. The summed E-state index contributed by atoms with van der Waals surface area (Å²) >= 11 is 0. The predicted molar refractivity (Wildman–Crippen MR) is 111 cm³/mol. The predicted octanol–water partition coefficient (Wildman–Crippen LogP) is 4.48. The number of carbonyl (C=O) groups excluding carboxylic acids is 1. The number of aromatic hydroxyl groups is 1. The maximum absolute atomic E-state index is 13.3. The fourth-order valence-electron chi connectivity index (χ4n) is 2.75. The van der Waals surface area contributed by atoms with Crippen molar-refractivity contribution in [1.29, 1.82) is 0 Å². The van der Waals surface area contributed by atoms with Crippen LogP contribution in [0, 0.1) is 0 Å². The number of hydrogen-bond acceptors (Lipinski definition) is 4. The van der Waals surface area contributed by atoms with E-state index in [0.717, 1.165) is 6.08 Å². The van der Waals surface area contributed by atoms with Gasteiger partial charge in [-0.15, -0.1) is 0 Å². The summed E-state index contributed by atoms with van der Waals surface area (Å²) < 4.78 is 5.18. The number of ether oxygens (including phenoxy) is 1. The fourth-order valence-corrected chi connectivity index (χ4v) is 2.75. The Bertz CT molecular complexity index is 1020. The van der Waals surface area contributed by atoms with E-state index < -0.39 is 5.97 Å². The molecule has 3 rings (SSSR count). The molecule has 3 aromatic carbocycles. The van der Waals surface area contributed by atoms with E-state index in [1.165, 1.54) is 23.1 Å². The third-order valence-corrected chi connectivity index (χ3v) is 4.22. The lowest BCUT2D eigenvalue weighted by Gasteiger charge is -2.23. The van der Waals surface area contributed by atoms with Gasteiger partial charge in [-0.2, -0.15) is 0 Å². The van der Waals surface area contributed by atoms with Crippen molar-refractivity contribution >= 4 is 29.3 Å². The van der Waals surface area contributed by atoms with Crippen LogP contribution < -0.4 is 9.64 Å². The molecule has 0 heterocycles. The van der Waals surface area contributed by atoms with E-state index in [1.54, 1.807) is 67.8 Å². The Kier molecular flexibility index (Phi) is 5.94. The quantitative estimate of drug-likeness (QED) is 0.607. The molecule has 0 atom stereocenters. The van der Waals surface area contributed by atoms with Gasteiger partial charge in [0.1, 0.15) is 11.5 Å². The van der Waals surface area contributed by atoms with E-state index in [1.807, 2.05) is 0 Å². The van der Waals surface area contributed by atoms with Crippen molar-refractivity contribution in [2.24, 2.45) is 0 Å². The molecule has 0 saturated carbocycles. The first-order valence-electron chi connectivity index (χ1n) is 8.76. The zero-order valence-electron chi connectivity index (χ0n) is 15.6. The molecule has 0 aliphatic heterocycles. The molecule has 3 aromatic rings. The van der Waals surface area contributed by atoms with Gasteiger partial charge in [-0.3, -0.25) is 9.69 Å². The van der Waals surface area contributed by atoms with E-state index in [4.69, 9.17) is 9.84 Å². The van der Waals surface area contributed by atoms with Gasteiger partial charge < -0.3 is 14.9 Å². The second-order valence-electron chi connectivity index (χ2n) is 6.15. The minimum atomic E-state index is -1.04. The molecule has 0 aliphatic rings. The van der Waals surface area contributed by atoms with Crippen molar-refractivity contribution in [3.05, 3.63) is 90.0 Å². The molecule has 0 spiro atoms. The summed E-state index contributed by atoms with van der Waals surface area (Å²) in [7, 11) is 1.57. The SMILES string of the molecule is COc1ccc(N(C(=O)c2ccc(C=CC(=O)O)cc2)c2ccc(O)cc2)cc1. The number of phenols is 1. The second kappa shape index (κ2) is 8.75. The number of phenolic OH excluding ortho intramolecular Hbond substituents is 1. The minimum absolute atomic E-state index is 0.102. The standard InChI is InChI=1S/C23H19NO5/c1-29-21-13-9-19(10-14-21)24(18-7-11-20(25)12-8-18)23(28)17-5-2-16(3-6-17)4-15-22(26)27/h2-15,25H,1H3,(H,26,27). The zero-order valence-corrected chi connectivity index (χ0v) is 15.6. The molecule has 0 fully saturated rings. The first-order valence-corrected chi connectivity index (χ1v) is 8.76. The smallest absolute Gasteiger partial charge is 0.328 e. The number of carboxylic acids is 1. The summed E-state index contributed by atoms with van der Waals surface area (Å²) in [6.07, 6.45) is 2.49. The van der Waals surface area contributed by atoms with Gasteiger partial charge in [-0.05, 0) is 72.3 Å². The summed E-state index contributed by atoms with van der Waals surface area (Å²) in [5.74, 6) is -0.537. The van der Waals surface area contributed by atoms with Gasteiger partial charge in [0.25, 0.3) is 5.91 Å². The molecule has 2 N–H and O–H groups in total. The van der Waals surface area contributed by atoms with E-state index in [-0.39, 0.29) is 11.7 Å². The number of anilines is 2. The van der Waals surface area contributed by atoms with Crippen LogP contribution in [0.4, 0.5) is 11.4 Å². The van der Waals surface area contributed by atoms with E-state index >= 15 is 0 Å². The number of rotatable bonds is 6. The highest BCUT2D eigenvalue weighted by molar-refractivity contribution is 6.11.